The predicted octanol–water partition coefficient (Wildman–Crippen LogP) is 6.41. The molecule has 1 heterocycles. The summed E-state index contributed by atoms with van der Waals surface area (Å²) >= 11 is 10.1. The maximum atomic E-state index is 12.3. The second-order valence-corrected chi connectivity index (χ2v) is 9.46. The number of benzene rings is 3. The number of rotatable bonds is 6. The van der Waals surface area contributed by atoms with Crippen LogP contribution >= 0.6 is 39.9 Å². The van der Waals surface area contributed by atoms with Crippen molar-refractivity contribution in [3.8, 4) is 11.5 Å². The van der Waals surface area contributed by atoms with Gasteiger partial charge in [-0.1, -0.05) is 66.4 Å². The van der Waals surface area contributed by atoms with Gasteiger partial charge >= 0.3 is 0 Å². The van der Waals surface area contributed by atoms with Gasteiger partial charge in [0.2, 0.25) is 0 Å². The Morgan fingerprint density at radius 3 is 2.65 bits per heavy atom. The van der Waals surface area contributed by atoms with Gasteiger partial charge in [-0.25, -0.2) is 0 Å². The summed E-state index contributed by atoms with van der Waals surface area (Å²) in [6.45, 7) is 2.84. The smallest absolute Gasteiger partial charge is 0.265 e. The van der Waals surface area contributed by atoms with Gasteiger partial charge < -0.3 is 9.47 Å². The normalized spacial score (nSPS) is 15.2. The van der Waals surface area contributed by atoms with E-state index in [1.54, 1.807) is 7.05 Å². The average molecular weight is 514 g/mol. The van der Waals surface area contributed by atoms with Gasteiger partial charge in [0.15, 0.2) is 11.5 Å². The van der Waals surface area contributed by atoms with E-state index in [1.165, 1.54) is 22.0 Å². The Balaban J connectivity index is 1.64. The van der Waals surface area contributed by atoms with Crippen LogP contribution in [0.2, 0.25) is 0 Å². The number of hydrogen-bond donors (Lipinski definition) is 0. The van der Waals surface area contributed by atoms with Crippen molar-refractivity contribution in [2.75, 3.05) is 13.7 Å². The van der Waals surface area contributed by atoms with Gasteiger partial charge in [-0.15, -0.1) is 0 Å². The molecular formula is C24H20BrNO3S2. The molecule has 0 spiro atoms. The molecule has 7 heteroatoms. The van der Waals surface area contributed by atoms with E-state index in [2.05, 4.69) is 40.2 Å². The summed E-state index contributed by atoms with van der Waals surface area (Å²) in [6, 6.07) is 18.2. The number of likely N-dealkylation sites (N-methyl/N-ethyl adjacent to an activating group) is 1. The molecule has 0 atom stereocenters. The SMILES string of the molecule is CCOc1cc(C=C2SC(=S)N(C)C2=O)cc(Br)c1OCc1cccc2ccccc12. The van der Waals surface area contributed by atoms with Crippen LogP contribution in [0.3, 0.4) is 0 Å². The van der Waals surface area contributed by atoms with Crippen LogP contribution in [0.15, 0.2) is 64.0 Å². The molecule has 3 aromatic carbocycles. The highest BCUT2D eigenvalue weighted by atomic mass is 79.9. The minimum absolute atomic E-state index is 0.0969. The van der Waals surface area contributed by atoms with Crippen LogP contribution in [0.1, 0.15) is 18.1 Å². The van der Waals surface area contributed by atoms with Crippen LogP contribution in [-0.2, 0) is 11.4 Å². The average Bonchev–Trinajstić information content (AvgIpc) is 3.00. The highest BCUT2D eigenvalue weighted by molar-refractivity contribution is 9.10. The minimum atomic E-state index is -0.0969. The molecule has 1 aliphatic rings. The minimum Gasteiger partial charge on any atom is -0.490 e. The van der Waals surface area contributed by atoms with Gasteiger partial charge in [-0.05, 0) is 63.0 Å². The third-order valence-corrected chi connectivity index (χ3v) is 6.94. The summed E-state index contributed by atoms with van der Waals surface area (Å²) in [4.78, 5) is 14.4. The van der Waals surface area contributed by atoms with Crippen molar-refractivity contribution in [1.82, 2.24) is 4.90 Å². The van der Waals surface area contributed by atoms with Crippen LogP contribution in [0.5, 0.6) is 11.5 Å². The molecule has 1 fully saturated rings. The summed E-state index contributed by atoms with van der Waals surface area (Å²) in [5, 5.41) is 2.34. The standard InChI is InChI=1S/C24H20BrNO3S2/c1-3-28-20-12-15(13-21-23(27)26(2)24(30)31-21)11-19(25)22(20)29-14-17-9-6-8-16-7-4-5-10-18(16)17/h4-13H,3,14H2,1-2H3. The number of carbonyl (C=O) groups excluding carboxylic acids is 1. The van der Waals surface area contributed by atoms with Crippen LogP contribution < -0.4 is 9.47 Å². The quantitative estimate of drug-likeness (QED) is 0.281. The van der Waals surface area contributed by atoms with E-state index in [0.717, 1.165) is 21.0 Å². The molecule has 0 aromatic heterocycles. The van der Waals surface area contributed by atoms with Crippen molar-refractivity contribution in [3.63, 3.8) is 0 Å². The lowest BCUT2D eigenvalue weighted by molar-refractivity contribution is -0.121. The van der Waals surface area contributed by atoms with Gasteiger partial charge in [0.1, 0.15) is 10.9 Å². The lowest BCUT2D eigenvalue weighted by atomic mass is 10.1. The Bertz CT molecular complexity index is 1200. The Labute approximate surface area is 199 Å². The van der Waals surface area contributed by atoms with Crippen LogP contribution in [0.4, 0.5) is 0 Å². The molecule has 3 aromatic rings. The number of nitrogens with zero attached hydrogens (tertiary/aromatic N) is 1. The lowest BCUT2D eigenvalue weighted by Gasteiger charge is -2.16. The first-order valence-corrected chi connectivity index (χ1v) is 11.8. The van der Waals surface area contributed by atoms with Crippen LogP contribution in [0.25, 0.3) is 16.8 Å². The summed E-state index contributed by atoms with van der Waals surface area (Å²) in [5.74, 6) is 1.16. The zero-order chi connectivity index (χ0) is 22.0. The Kier molecular flexibility index (Phi) is 6.65. The molecule has 1 saturated heterocycles. The largest absolute Gasteiger partial charge is 0.490 e. The first-order chi connectivity index (χ1) is 15.0. The van der Waals surface area contributed by atoms with E-state index in [4.69, 9.17) is 21.7 Å². The van der Waals surface area contributed by atoms with E-state index < -0.39 is 0 Å². The van der Waals surface area contributed by atoms with Crippen LogP contribution in [0, 0.1) is 0 Å². The van der Waals surface area contributed by atoms with Gasteiger partial charge in [0, 0.05) is 7.05 Å². The molecule has 0 unspecified atom stereocenters. The maximum absolute atomic E-state index is 12.3. The zero-order valence-electron chi connectivity index (χ0n) is 17.1. The van der Waals surface area contributed by atoms with Crippen molar-refractivity contribution in [2.24, 2.45) is 0 Å². The maximum Gasteiger partial charge on any atom is 0.265 e. The van der Waals surface area contributed by atoms with Gasteiger partial charge in [-0.2, -0.15) is 0 Å². The molecule has 0 radical (unpaired) electrons. The molecule has 0 aliphatic carbocycles. The Morgan fingerprint density at radius 2 is 1.90 bits per heavy atom. The number of halogens is 1. The number of amides is 1. The zero-order valence-corrected chi connectivity index (χ0v) is 20.3. The topological polar surface area (TPSA) is 38.8 Å². The number of thioether (sulfide) groups is 1. The second-order valence-electron chi connectivity index (χ2n) is 6.93. The third-order valence-electron chi connectivity index (χ3n) is 4.87. The molecule has 1 amide bonds. The number of hydrogen-bond acceptors (Lipinski definition) is 5. The molecule has 4 nitrogen and oxygen atoms in total. The van der Waals surface area contributed by atoms with E-state index in [9.17, 15) is 4.79 Å². The van der Waals surface area contributed by atoms with E-state index in [1.807, 2.05) is 43.3 Å². The summed E-state index contributed by atoms with van der Waals surface area (Å²) in [5.41, 5.74) is 1.94. The Hall–Kier alpha value is -2.35. The summed E-state index contributed by atoms with van der Waals surface area (Å²) < 4.78 is 13.4. The van der Waals surface area contributed by atoms with Crippen molar-refractivity contribution in [1.29, 1.82) is 0 Å². The van der Waals surface area contributed by atoms with E-state index in [0.29, 0.717) is 33.9 Å². The first-order valence-electron chi connectivity index (χ1n) is 9.75. The Morgan fingerprint density at radius 1 is 1.13 bits per heavy atom. The van der Waals surface area contributed by atoms with Gasteiger partial charge in [0.05, 0.1) is 16.0 Å². The molecule has 0 saturated carbocycles. The highest BCUT2D eigenvalue weighted by Crippen LogP contribution is 2.39. The molecule has 31 heavy (non-hydrogen) atoms. The fourth-order valence-electron chi connectivity index (χ4n) is 3.34. The van der Waals surface area contributed by atoms with Crippen molar-refractivity contribution in [3.05, 3.63) is 75.1 Å². The van der Waals surface area contributed by atoms with E-state index >= 15 is 0 Å². The van der Waals surface area contributed by atoms with Crippen molar-refractivity contribution < 1.29 is 14.3 Å². The summed E-state index contributed by atoms with van der Waals surface area (Å²) in [6.07, 6.45) is 1.82. The fraction of sp³-hybridized carbons (Fsp3) is 0.167. The number of thiocarbonyl (C=S) groups is 1. The summed E-state index contributed by atoms with van der Waals surface area (Å²) in [7, 11) is 1.68. The molecule has 158 valence electrons. The molecule has 0 N–H and O–H groups in total. The molecular weight excluding hydrogens is 494 g/mol. The fourth-order valence-corrected chi connectivity index (χ4v) is 5.09. The highest BCUT2D eigenvalue weighted by Gasteiger charge is 2.28. The predicted molar refractivity (Wildman–Crippen MR) is 135 cm³/mol. The van der Waals surface area contributed by atoms with Crippen molar-refractivity contribution in [2.45, 2.75) is 13.5 Å². The lowest BCUT2D eigenvalue weighted by Crippen LogP contribution is -2.22. The van der Waals surface area contributed by atoms with Crippen LogP contribution in [-0.4, -0.2) is 28.8 Å². The molecule has 4 rings (SSSR count). The number of fused-ring (bicyclic) bond motifs is 1. The van der Waals surface area contributed by atoms with Crippen molar-refractivity contribution >= 4 is 67.0 Å². The third kappa shape index (κ3) is 4.63. The number of carbonyl (C=O) groups is 1. The number of ether oxygens (including phenoxy) is 2. The monoisotopic (exact) mass is 513 g/mol. The molecule has 0 bridgehead atoms. The van der Waals surface area contributed by atoms with Gasteiger partial charge in [0.25, 0.3) is 5.91 Å². The van der Waals surface area contributed by atoms with Gasteiger partial charge in [-0.3, -0.25) is 9.69 Å². The first kappa shape index (κ1) is 21.9. The molecule has 1 aliphatic heterocycles. The second kappa shape index (κ2) is 9.42. The van der Waals surface area contributed by atoms with E-state index in [-0.39, 0.29) is 5.91 Å².